The van der Waals surface area contributed by atoms with Crippen LogP contribution in [0.3, 0.4) is 0 Å². The van der Waals surface area contributed by atoms with Gasteiger partial charge < -0.3 is 15.2 Å². The molecule has 20 heavy (non-hydrogen) atoms. The Kier molecular flexibility index (Phi) is 2.97. The number of hydrogen-bond donors (Lipinski definition) is 1. The molecular formula is C14H17FN4O. The molecule has 0 amide bonds. The van der Waals surface area contributed by atoms with Crippen LogP contribution in [0.2, 0.25) is 0 Å². The summed E-state index contributed by atoms with van der Waals surface area (Å²) in [5, 5.41) is 3.89. The Bertz CT molecular complexity index is 632. The van der Waals surface area contributed by atoms with E-state index in [1.165, 1.54) is 6.07 Å². The standard InChI is InChI=1S/C14H17FN4O/c1-14(2,16)13-17-12(20-18-13)8-19-6-5-9-3-4-10(15)7-11(9)19/h3-4,7H,5-6,8,16H2,1-2H3. The van der Waals surface area contributed by atoms with E-state index >= 15 is 0 Å². The van der Waals surface area contributed by atoms with Crippen LogP contribution in [0.15, 0.2) is 22.7 Å². The predicted molar refractivity (Wildman–Crippen MR) is 72.7 cm³/mol. The molecule has 0 fully saturated rings. The van der Waals surface area contributed by atoms with Crippen LogP contribution in [-0.2, 0) is 18.5 Å². The third-order valence-electron chi connectivity index (χ3n) is 3.41. The summed E-state index contributed by atoms with van der Waals surface area (Å²) in [7, 11) is 0. The lowest BCUT2D eigenvalue weighted by molar-refractivity contribution is 0.359. The Hall–Kier alpha value is -1.95. The first kappa shape index (κ1) is 13.1. The fourth-order valence-corrected chi connectivity index (χ4v) is 2.33. The van der Waals surface area contributed by atoms with Crippen molar-refractivity contribution >= 4 is 5.69 Å². The molecule has 1 aromatic carbocycles. The lowest BCUT2D eigenvalue weighted by Gasteiger charge is -2.16. The summed E-state index contributed by atoms with van der Waals surface area (Å²) >= 11 is 0. The van der Waals surface area contributed by atoms with Crippen molar-refractivity contribution in [2.24, 2.45) is 5.73 Å². The van der Waals surface area contributed by atoms with Crippen molar-refractivity contribution in [3.05, 3.63) is 41.3 Å². The van der Waals surface area contributed by atoms with E-state index < -0.39 is 5.54 Å². The summed E-state index contributed by atoms with van der Waals surface area (Å²) in [6.45, 7) is 4.94. The number of benzene rings is 1. The van der Waals surface area contributed by atoms with E-state index in [9.17, 15) is 4.39 Å². The van der Waals surface area contributed by atoms with Crippen LogP contribution in [0.5, 0.6) is 0 Å². The van der Waals surface area contributed by atoms with Gasteiger partial charge in [0, 0.05) is 12.2 Å². The predicted octanol–water partition coefficient (Wildman–Crippen LogP) is 1.97. The summed E-state index contributed by atoms with van der Waals surface area (Å²) in [4.78, 5) is 6.34. The third-order valence-corrected chi connectivity index (χ3v) is 3.41. The SMILES string of the molecule is CC(C)(N)c1noc(CN2CCc3ccc(F)cc32)n1. The van der Waals surface area contributed by atoms with E-state index in [1.807, 2.05) is 24.8 Å². The number of nitrogens with two attached hydrogens (primary N) is 1. The summed E-state index contributed by atoms with van der Waals surface area (Å²) < 4.78 is 18.6. The number of aromatic nitrogens is 2. The van der Waals surface area contributed by atoms with Crippen LogP contribution in [0, 0.1) is 5.82 Å². The van der Waals surface area contributed by atoms with Gasteiger partial charge in [-0.25, -0.2) is 4.39 Å². The molecule has 2 aromatic rings. The van der Waals surface area contributed by atoms with Gasteiger partial charge in [0.2, 0.25) is 5.89 Å². The van der Waals surface area contributed by atoms with E-state index in [1.54, 1.807) is 6.07 Å². The highest BCUT2D eigenvalue weighted by Gasteiger charge is 2.25. The van der Waals surface area contributed by atoms with Crippen molar-refractivity contribution in [1.29, 1.82) is 0 Å². The van der Waals surface area contributed by atoms with Crippen LogP contribution < -0.4 is 10.6 Å². The molecule has 0 bridgehead atoms. The van der Waals surface area contributed by atoms with Gasteiger partial charge in [0.25, 0.3) is 0 Å². The molecule has 0 aliphatic carbocycles. The number of halogens is 1. The molecule has 3 rings (SSSR count). The van der Waals surface area contributed by atoms with Crippen LogP contribution in [0.1, 0.15) is 31.1 Å². The van der Waals surface area contributed by atoms with Crippen molar-refractivity contribution in [3.63, 3.8) is 0 Å². The first-order valence-electron chi connectivity index (χ1n) is 6.59. The Balaban J connectivity index is 1.80. The molecule has 2 N–H and O–H groups in total. The van der Waals surface area contributed by atoms with E-state index in [-0.39, 0.29) is 5.82 Å². The monoisotopic (exact) mass is 276 g/mol. The molecule has 2 heterocycles. The Morgan fingerprint density at radius 2 is 2.25 bits per heavy atom. The van der Waals surface area contributed by atoms with Gasteiger partial charge >= 0.3 is 0 Å². The quantitative estimate of drug-likeness (QED) is 0.928. The lowest BCUT2D eigenvalue weighted by Crippen LogP contribution is -2.30. The Morgan fingerprint density at radius 1 is 1.45 bits per heavy atom. The fourth-order valence-electron chi connectivity index (χ4n) is 2.33. The molecule has 0 unspecified atom stereocenters. The molecule has 0 spiro atoms. The van der Waals surface area contributed by atoms with E-state index in [0.717, 1.165) is 24.2 Å². The first-order valence-corrected chi connectivity index (χ1v) is 6.59. The summed E-state index contributed by atoms with van der Waals surface area (Å²) in [5.74, 6) is 0.742. The minimum atomic E-state index is -0.628. The van der Waals surface area contributed by atoms with Gasteiger partial charge in [-0.2, -0.15) is 4.98 Å². The van der Waals surface area contributed by atoms with Crippen LogP contribution in [0.25, 0.3) is 0 Å². The van der Waals surface area contributed by atoms with Gasteiger partial charge in [0.05, 0.1) is 12.1 Å². The van der Waals surface area contributed by atoms with Gasteiger partial charge in [-0.3, -0.25) is 0 Å². The highest BCUT2D eigenvalue weighted by molar-refractivity contribution is 5.57. The summed E-state index contributed by atoms with van der Waals surface area (Å²) in [5.41, 5.74) is 7.34. The number of nitrogens with zero attached hydrogens (tertiary/aromatic N) is 3. The van der Waals surface area contributed by atoms with Gasteiger partial charge in [-0.1, -0.05) is 11.2 Å². The topological polar surface area (TPSA) is 68.2 Å². The Labute approximate surface area is 116 Å². The summed E-state index contributed by atoms with van der Waals surface area (Å²) in [6.07, 6.45) is 0.902. The van der Waals surface area contributed by atoms with Crippen molar-refractivity contribution in [3.8, 4) is 0 Å². The molecule has 1 aliphatic rings. The zero-order valence-electron chi connectivity index (χ0n) is 11.6. The number of hydrogen-bond acceptors (Lipinski definition) is 5. The maximum atomic E-state index is 13.3. The molecule has 0 radical (unpaired) electrons. The molecule has 106 valence electrons. The number of rotatable bonds is 3. The normalized spacial score (nSPS) is 14.7. The van der Waals surface area contributed by atoms with E-state index in [0.29, 0.717) is 18.3 Å². The van der Waals surface area contributed by atoms with Crippen molar-refractivity contribution in [2.75, 3.05) is 11.4 Å². The number of anilines is 1. The minimum absolute atomic E-state index is 0.232. The molecule has 0 saturated heterocycles. The molecular weight excluding hydrogens is 259 g/mol. The molecule has 1 aromatic heterocycles. The van der Waals surface area contributed by atoms with E-state index in [2.05, 4.69) is 10.1 Å². The lowest BCUT2D eigenvalue weighted by atomic mass is 10.1. The number of fused-ring (bicyclic) bond motifs is 1. The molecule has 6 heteroatoms. The highest BCUT2D eigenvalue weighted by atomic mass is 19.1. The molecule has 5 nitrogen and oxygen atoms in total. The van der Waals surface area contributed by atoms with Crippen LogP contribution >= 0.6 is 0 Å². The van der Waals surface area contributed by atoms with Gasteiger partial charge in [0.15, 0.2) is 5.82 Å². The average Bonchev–Trinajstić information content (AvgIpc) is 2.97. The zero-order valence-corrected chi connectivity index (χ0v) is 11.6. The zero-order chi connectivity index (χ0) is 14.3. The second kappa shape index (κ2) is 4.56. The van der Waals surface area contributed by atoms with Gasteiger partial charge in [-0.15, -0.1) is 0 Å². The second-order valence-corrected chi connectivity index (χ2v) is 5.68. The third kappa shape index (κ3) is 2.38. The molecule has 1 aliphatic heterocycles. The van der Waals surface area contributed by atoms with Crippen LogP contribution in [0.4, 0.5) is 10.1 Å². The second-order valence-electron chi connectivity index (χ2n) is 5.68. The largest absolute Gasteiger partial charge is 0.362 e. The van der Waals surface area contributed by atoms with Crippen LogP contribution in [-0.4, -0.2) is 16.7 Å². The average molecular weight is 276 g/mol. The first-order chi connectivity index (χ1) is 9.43. The van der Waals surface area contributed by atoms with Gasteiger partial charge in [-0.05, 0) is 38.0 Å². The minimum Gasteiger partial charge on any atom is -0.362 e. The maximum Gasteiger partial charge on any atom is 0.246 e. The fraction of sp³-hybridized carbons (Fsp3) is 0.429. The Morgan fingerprint density at radius 3 is 2.95 bits per heavy atom. The van der Waals surface area contributed by atoms with Crippen molar-refractivity contribution in [1.82, 2.24) is 10.1 Å². The maximum absolute atomic E-state index is 13.3. The van der Waals surface area contributed by atoms with E-state index in [4.69, 9.17) is 10.3 Å². The molecule has 0 saturated carbocycles. The smallest absolute Gasteiger partial charge is 0.246 e. The summed E-state index contributed by atoms with van der Waals surface area (Å²) in [6, 6.07) is 4.86. The van der Waals surface area contributed by atoms with Gasteiger partial charge in [0.1, 0.15) is 5.82 Å². The highest BCUT2D eigenvalue weighted by Crippen LogP contribution is 2.29. The van der Waals surface area contributed by atoms with Crippen molar-refractivity contribution in [2.45, 2.75) is 32.4 Å². The van der Waals surface area contributed by atoms with Crippen molar-refractivity contribution < 1.29 is 8.91 Å². The molecule has 0 atom stereocenters.